The molecule has 0 saturated heterocycles. The van der Waals surface area contributed by atoms with E-state index in [0.29, 0.717) is 26.4 Å². The molecule has 0 saturated carbocycles. The van der Waals surface area contributed by atoms with Crippen LogP contribution in [0.25, 0.3) is 0 Å². The molecule has 0 unspecified atom stereocenters. The van der Waals surface area contributed by atoms with Gasteiger partial charge in [-0.15, -0.1) is 0 Å². The summed E-state index contributed by atoms with van der Waals surface area (Å²) >= 11 is 5.95. The van der Waals surface area contributed by atoms with Crippen LogP contribution in [0.3, 0.4) is 0 Å². The van der Waals surface area contributed by atoms with Crippen molar-refractivity contribution in [2.75, 3.05) is 33.4 Å². The molecule has 4 nitrogen and oxygen atoms in total. The predicted molar refractivity (Wildman–Crippen MR) is 85.7 cm³/mol. The van der Waals surface area contributed by atoms with E-state index in [4.69, 9.17) is 21.1 Å². The number of aliphatic hydroxyl groups excluding tert-OH is 1. The number of aliphatic hydroxyl groups is 1. The molecule has 0 fully saturated rings. The van der Waals surface area contributed by atoms with Crippen molar-refractivity contribution in [1.82, 2.24) is 4.90 Å². The molecule has 0 aliphatic carbocycles. The fourth-order valence-electron chi connectivity index (χ4n) is 1.99. The highest BCUT2D eigenvalue weighted by Crippen LogP contribution is 2.12. The largest absolute Gasteiger partial charge is 0.389 e. The summed E-state index contributed by atoms with van der Waals surface area (Å²) in [6.45, 7) is 6.66. The first-order valence-corrected chi connectivity index (χ1v) is 7.65. The number of hydrogen-bond acceptors (Lipinski definition) is 4. The quantitative estimate of drug-likeness (QED) is 0.674. The molecule has 0 aromatic heterocycles. The van der Waals surface area contributed by atoms with Crippen molar-refractivity contribution >= 4 is 11.6 Å². The molecule has 21 heavy (non-hydrogen) atoms. The molecule has 1 N–H and O–H groups in total. The van der Waals surface area contributed by atoms with Crippen molar-refractivity contribution in [2.45, 2.75) is 32.6 Å². The minimum absolute atomic E-state index is 0.211. The lowest BCUT2D eigenvalue weighted by molar-refractivity contribution is -0.0174. The van der Waals surface area contributed by atoms with Gasteiger partial charge in [-0.1, -0.05) is 23.7 Å². The van der Waals surface area contributed by atoms with E-state index in [1.807, 2.05) is 50.1 Å². The number of halogens is 1. The number of benzene rings is 1. The van der Waals surface area contributed by atoms with Gasteiger partial charge in [0.25, 0.3) is 0 Å². The van der Waals surface area contributed by atoms with E-state index in [-0.39, 0.29) is 6.10 Å². The first kappa shape index (κ1) is 18.4. The van der Waals surface area contributed by atoms with Gasteiger partial charge < -0.3 is 14.6 Å². The van der Waals surface area contributed by atoms with Gasteiger partial charge >= 0.3 is 0 Å². The summed E-state index contributed by atoms with van der Waals surface area (Å²) < 4.78 is 10.8. The zero-order valence-electron chi connectivity index (χ0n) is 13.1. The minimum atomic E-state index is -0.506. The fraction of sp³-hybridized carbons (Fsp3) is 0.625. The first-order chi connectivity index (χ1) is 9.97. The van der Waals surface area contributed by atoms with Gasteiger partial charge in [0.2, 0.25) is 0 Å². The van der Waals surface area contributed by atoms with Crippen molar-refractivity contribution in [2.24, 2.45) is 0 Å². The molecule has 120 valence electrons. The maximum atomic E-state index is 9.93. The lowest BCUT2D eigenvalue weighted by Crippen LogP contribution is -2.32. The van der Waals surface area contributed by atoms with Crippen LogP contribution in [-0.4, -0.2) is 55.6 Å². The fourth-order valence-corrected chi connectivity index (χ4v) is 2.20. The van der Waals surface area contributed by atoms with Crippen molar-refractivity contribution in [3.63, 3.8) is 0 Å². The molecule has 0 bridgehead atoms. The average Bonchev–Trinajstić information content (AvgIpc) is 2.37. The summed E-state index contributed by atoms with van der Waals surface area (Å²) in [5.74, 6) is 0. The van der Waals surface area contributed by atoms with E-state index < -0.39 is 6.10 Å². The minimum Gasteiger partial charge on any atom is -0.389 e. The molecule has 1 aromatic carbocycles. The number of ether oxygens (including phenoxy) is 2. The Morgan fingerprint density at radius 2 is 2.05 bits per heavy atom. The van der Waals surface area contributed by atoms with Crippen LogP contribution < -0.4 is 0 Å². The van der Waals surface area contributed by atoms with E-state index in [0.717, 1.165) is 17.1 Å². The Morgan fingerprint density at radius 1 is 1.29 bits per heavy atom. The normalized spacial score (nSPS) is 13.1. The third-order valence-electron chi connectivity index (χ3n) is 2.85. The van der Waals surface area contributed by atoms with Crippen LogP contribution >= 0.6 is 11.6 Å². The van der Waals surface area contributed by atoms with Crippen LogP contribution in [0, 0.1) is 0 Å². The third kappa shape index (κ3) is 9.06. The molecule has 0 aliphatic heterocycles. The van der Waals surface area contributed by atoms with Gasteiger partial charge in [-0.05, 0) is 38.6 Å². The van der Waals surface area contributed by atoms with E-state index >= 15 is 0 Å². The maximum Gasteiger partial charge on any atom is 0.0900 e. The molecule has 0 aliphatic rings. The molecule has 0 heterocycles. The highest BCUT2D eigenvalue weighted by atomic mass is 35.5. The van der Waals surface area contributed by atoms with Crippen LogP contribution in [-0.2, 0) is 16.0 Å². The lowest BCUT2D eigenvalue weighted by Gasteiger charge is -2.20. The standard InChI is InChI=1S/C16H26ClNO3/c1-13(2)21-8-7-20-12-16(19)11-18(3)10-14-5-4-6-15(17)9-14/h4-6,9,13,16,19H,7-8,10-12H2,1-3H3/t16-/m1/s1. The van der Waals surface area contributed by atoms with E-state index in [1.165, 1.54) is 0 Å². The monoisotopic (exact) mass is 315 g/mol. The molecule has 1 rings (SSSR count). The Kier molecular flexibility index (Phi) is 8.88. The number of likely N-dealkylation sites (N-methyl/N-ethyl adjacent to an activating group) is 1. The average molecular weight is 316 g/mol. The van der Waals surface area contributed by atoms with Gasteiger partial charge in [0, 0.05) is 18.1 Å². The molecule has 1 aromatic rings. The van der Waals surface area contributed by atoms with Crippen molar-refractivity contribution < 1.29 is 14.6 Å². The van der Waals surface area contributed by atoms with Gasteiger partial charge in [0.05, 0.1) is 32.0 Å². The summed E-state index contributed by atoms with van der Waals surface area (Å²) in [6.07, 6.45) is -0.296. The summed E-state index contributed by atoms with van der Waals surface area (Å²) in [6, 6.07) is 7.74. The molecular weight excluding hydrogens is 290 g/mol. The summed E-state index contributed by atoms with van der Waals surface area (Å²) in [5, 5.41) is 10.7. The van der Waals surface area contributed by atoms with Gasteiger partial charge in [0.15, 0.2) is 0 Å². The predicted octanol–water partition coefficient (Wildman–Crippen LogP) is 2.57. The Morgan fingerprint density at radius 3 is 2.71 bits per heavy atom. The van der Waals surface area contributed by atoms with E-state index in [2.05, 4.69) is 0 Å². The molecule has 1 atom stereocenters. The Hall–Kier alpha value is -0.650. The van der Waals surface area contributed by atoms with Crippen LogP contribution in [0.1, 0.15) is 19.4 Å². The van der Waals surface area contributed by atoms with Crippen molar-refractivity contribution in [1.29, 1.82) is 0 Å². The highest BCUT2D eigenvalue weighted by Gasteiger charge is 2.09. The SMILES string of the molecule is CC(C)OCCOC[C@H](O)CN(C)Cc1cccc(Cl)c1. The molecule has 5 heteroatoms. The molecular formula is C16H26ClNO3. The van der Waals surface area contributed by atoms with Crippen LogP contribution in [0.15, 0.2) is 24.3 Å². The van der Waals surface area contributed by atoms with Gasteiger partial charge in [0.1, 0.15) is 0 Å². The maximum absolute atomic E-state index is 9.93. The highest BCUT2D eigenvalue weighted by molar-refractivity contribution is 6.30. The zero-order chi connectivity index (χ0) is 15.7. The molecule has 0 spiro atoms. The molecule has 0 amide bonds. The Balaban J connectivity index is 2.17. The van der Waals surface area contributed by atoms with E-state index in [9.17, 15) is 5.11 Å². The van der Waals surface area contributed by atoms with Crippen molar-refractivity contribution in [3.8, 4) is 0 Å². The molecule has 0 radical (unpaired) electrons. The Bertz CT molecular complexity index is 401. The second-order valence-electron chi connectivity index (χ2n) is 5.47. The second-order valence-corrected chi connectivity index (χ2v) is 5.91. The van der Waals surface area contributed by atoms with Crippen LogP contribution in [0.5, 0.6) is 0 Å². The van der Waals surface area contributed by atoms with Gasteiger partial charge in [-0.25, -0.2) is 0 Å². The van der Waals surface area contributed by atoms with Crippen LogP contribution in [0.4, 0.5) is 0 Å². The summed E-state index contributed by atoms with van der Waals surface area (Å²) in [4.78, 5) is 2.05. The third-order valence-corrected chi connectivity index (χ3v) is 3.09. The topological polar surface area (TPSA) is 41.9 Å². The van der Waals surface area contributed by atoms with Crippen LogP contribution in [0.2, 0.25) is 5.02 Å². The summed E-state index contributed by atoms with van der Waals surface area (Å²) in [7, 11) is 1.96. The Labute approximate surface area is 132 Å². The zero-order valence-corrected chi connectivity index (χ0v) is 13.8. The van der Waals surface area contributed by atoms with Gasteiger partial charge in [-0.3, -0.25) is 4.90 Å². The van der Waals surface area contributed by atoms with E-state index in [1.54, 1.807) is 0 Å². The second kappa shape index (κ2) is 10.1. The number of hydrogen-bond donors (Lipinski definition) is 1. The van der Waals surface area contributed by atoms with Crippen molar-refractivity contribution in [3.05, 3.63) is 34.9 Å². The van der Waals surface area contributed by atoms with Gasteiger partial charge in [-0.2, -0.15) is 0 Å². The first-order valence-electron chi connectivity index (χ1n) is 7.27. The lowest BCUT2D eigenvalue weighted by atomic mass is 10.2. The summed E-state index contributed by atoms with van der Waals surface area (Å²) in [5.41, 5.74) is 1.13. The smallest absolute Gasteiger partial charge is 0.0900 e. The number of rotatable bonds is 10. The number of nitrogens with zero attached hydrogens (tertiary/aromatic N) is 1.